The van der Waals surface area contributed by atoms with Gasteiger partial charge < -0.3 is 5.32 Å². The summed E-state index contributed by atoms with van der Waals surface area (Å²) in [5.41, 5.74) is 2.51. The maximum Gasteiger partial charge on any atom is 0.0759 e. The Balaban J connectivity index is 1.77. The van der Waals surface area contributed by atoms with E-state index in [0.29, 0.717) is 17.9 Å². The van der Waals surface area contributed by atoms with Gasteiger partial charge in [-0.25, -0.2) is 0 Å². The van der Waals surface area contributed by atoms with Crippen LogP contribution in [0.3, 0.4) is 0 Å². The Morgan fingerprint density at radius 1 is 1.26 bits per heavy atom. The van der Waals surface area contributed by atoms with Crippen LogP contribution in [-0.4, -0.2) is 16.5 Å². The molecule has 3 atom stereocenters. The van der Waals surface area contributed by atoms with E-state index in [2.05, 4.69) is 52.5 Å². The number of benzene rings is 1. The lowest BCUT2D eigenvalue weighted by Gasteiger charge is -2.17. The molecule has 19 heavy (non-hydrogen) atoms. The smallest absolute Gasteiger partial charge is 0.0759 e. The minimum absolute atomic E-state index is 0.323. The molecular weight excluding hydrogens is 234 g/mol. The van der Waals surface area contributed by atoms with E-state index in [0.717, 1.165) is 12.2 Å². The van der Waals surface area contributed by atoms with Crippen molar-refractivity contribution in [3.05, 3.63) is 60.2 Å². The lowest BCUT2D eigenvalue weighted by atomic mass is 10.0. The van der Waals surface area contributed by atoms with Crippen LogP contribution in [0, 0.1) is 5.92 Å². The molecule has 1 heterocycles. The Hall–Kier alpha value is -1.74. The van der Waals surface area contributed by atoms with Crippen molar-refractivity contribution in [2.75, 3.05) is 6.54 Å². The van der Waals surface area contributed by atoms with Crippen molar-refractivity contribution < 1.29 is 0 Å². The van der Waals surface area contributed by atoms with E-state index < -0.39 is 0 Å². The summed E-state index contributed by atoms with van der Waals surface area (Å²) in [6, 6.07) is 11.1. The molecule has 1 aromatic carbocycles. The summed E-state index contributed by atoms with van der Waals surface area (Å²) in [4.78, 5) is 8.66. The molecule has 3 unspecified atom stereocenters. The summed E-state index contributed by atoms with van der Waals surface area (Å²) in [5, 5.41) is 3.56. The third-order valence-electron chi connectivity index (χ3n) is 3.82. The van der Waals surface area contributed by atoms with E-state index in [1.165, 1.54) is 12.0 Å². The van der Waals surface area contributed by atoms with E-state index in [1.54, 1.807) is 12.4 Å². The third kappa shape index (κ3) is 2.66. The molecule has 0 aliphatic heterocycles. The Kier molecular flexibility index (Phi) is 3.56. The van der Waals surface area contributed by atoms with Crippen molar-refractivity contribution in [3.63, 3.8) is 0 Å². The van der Waals surface area contributed by atoms with Crippen LogP contribution in [0.2, 0.25) is 0 Å². The molecule has 1 aliphatic rings. The first-order valence-corrected chi connectivity index (χ1v) is 6.94. The molecule has 0 radical (unpaired) electrons. The van der Waals surface area contributed by atoms with Gasteiger partial charge in [0.2, 0.25) is 0 Å². The van der Waals surface area contributed by atoms with Crippen LogP contribution in [0.15, 0.2) is 48.9 Å². The maximum atomic E-state index is 4.46. The molecule has 0 amide bonds. The largest absolute Gasteiger partial charge is 0.309 e. The van der Waals surface area contributed by atoms with Gasteiger partial charge in [-0.1, -0.05) is 37.3 Å². The summed E-state index contributed by atoms with van der Waals surface area (Å²) >= 11 is 0. The number of rotatable bonds is 5. The highest BCUT2D eigenvalue weighted by Gasteiger charge is 2.44. The van der Waals surface area contributed by atoms with Crippen LogP contribution in [0.5, 0.6) is 0 Å². The van der Waals surface area contributed by atoms with Gasteiger partial charge >= 0.3 is 0 Å². The second kappa shape index (κ2) is 5.49. The number of aromatic nitrogens is 2. The van der Waals surface area contributed by atoms with E-state index >= 15 is 0 Å². The van der Waals surface area contributed by atoms with Crippen LogP contribution in [0.4, 0.5) is 0 Å². The molecule has 0 spiro atoms. The standard InChI is InChI=1S/C16H19N3/c1-2-18-16(15-11-17-8-9-19-15)14-10-13(14)12-6-4-3-5-7-12/h3-9,11,13-14,16,18H,2,10H2,1H3. The minimum Gasteiger partial charge on any atom is -0.309 e. The van der Waals surface area contributed by atoms with Gasteiger partial charge in [0.05, 0.1) is 11.7 Å². The minimum atomic E-state index is 0.323. The van der Waals surface area contributed by atoms with Gasteiger partial charge in [0.1, 0.15) is 0 Å². The highest BCUT2D eigenvalue weighted by molar-refractivity contribution is 5.28. The quantitative estimate of drug-likeness (QED) is 0.890. The normalized spacial score (nSPS) is 23.0. The molecular formula is C16H19N3. The van der Waals surface area contributed by atoms with Gasteiger partial charge in [0.15, 0.2) is 0 Å². The van der Waals surface area contributed by atoms with Gasteiger partial charge in [0.25, 0.3) is 0 Å². The summed E-state index contributed by atoms with van der Waals surface area (Å²) in [7, 11) is 0. The molecule has 3 heteroatoms. The summed E-state index contributed by atoms with van der Waals surface area (Å²) < 4.78 is 0. The number of hydrogen-bond acceptors (Lipinski definition) is 3. The first-order chi connectivity index (χ1) is 9.40. The van der Waals surface area contributed by atoms with Gasteiger partial charge in [0, 0.05) is 18.6 Å². The van der Waals surface area contributed by atoms with Crippen molar-refractivity contribution in [2.24, 2.45) is 5.92 Å². The second-order valence-electron chi connectivity index (χ2n) is 5.08. The van der Waals surface area contributed by atoms with Gasteiger partial charge in [-0.3, -0.25) is 9.97 Å². The lowest BCUT2D eigenvalue weighted by molar-refractivity contribution is 0.474. The third-order valence-corrected chi connectivity index (χ3v) is 3.82. The van der Waals surface area contributed by atoms with Crippen LogP contribution in [0.25, 0.3) is 0 Å². The molecule has 1 fully saturated rings. The Bertz CT molecular complexity index is 512. The molecule has 0 saturated heterocycles. The zero-order chi connectivity index (χ0) is 13.1. The van der Waals surface area contributed by atoms with E-state index in [1.807, 2.05) is 6.20 Å². The number of nitrogens with one attached hydrogen (secondary N) is 1. The van der Waals surface area contributed by atoms with Crippen molar-refractivity contribution in [1.29, 1.82) is 0 Å². The van der Waals surface area contributed by atoms with E-state index in [-0.39, 0.29) is 0 Å². The second-order valence-corrected chi connectivity index (χ2v) is 5.08. The zero-order valence-electron chi connectivity index (χ0n) is 11.2. The molecule has 1 N–H and O–H groups in total. The Morgan fingerprint density at radius 2 is 2.11 bits per heavy atom. The first kappa shape index (κ1) is 12.3. The van der Waals surface area contributed by atoms with Crippen LogP contribution < -0.4 is 5.32 Å². The molecule has 1 aromatic heterocycles. The average Bonchev–Trinajstić information content (AvgIpc) is 3.27. The highest BCUT2D eigenvalue weighted by Crippen LogP contribution is 2.53. The Morgan fingerprint density at radius 3 is 2.79 bits per heavy atom. The van der Waals surface area contributed by atoms with Crippen LogP contribution >= 0.6 is 0 Å². The zero-order valence-corrected chi connectivity index (χ0v) is 11.2. The molecule has 98 valence electrons. The fourth-order valence-electron chi connectivity index (χ4n) is 2.83. The van der Waals surface area contributed by atoms with Crippen molar-refractivity contribution in [3.8, 4) is 0 Å². The lowest BCUT2D eigenvalue weighted by Crippen LogP contribution is -2.24. The highest BCUT2D eigenvalue weighted by atomic mass is 15.0. The molecule has 3 nitrogen and oxygen atoms in total. The number of nitrogens with zero attached hydrogens (tertiary/aromatic N) is 2. The van der Waals surface area contributed by atoms with Gasteiger partial charge in [-0.15, -0.1) is 0 Å². The number of hydrogen-bond donors (Lipinski definition) is 1. The van der Waals surface area contributed by atoms with Crippen molar-refractivity contribution in [2.45, 2.75) is 25.3 Å². The van der Waals surface area contributed by atoms with E-state index in [4.69, 9.17) is 0 Å². The fraction of sp³-hybridized carbons (Fsp3) is 0.375. The van der Waals surface area contributed by atoms with Crippen molar-refractivity contribution in [1.82, 2.24) is 15.3 Å². The van der Waals surface area contributed by atoms with Gasteiger partial charge in [-0.05, 0) is 30.4 Å². The molecule has 3 rings (SSSR count). The Labute approximate surface area is 114 Å². The topological polar surface area (TPSA) is 37.8 Å². The monoisotopic (exact) mass is 253 g/mol. The molecule has 0 bridgehead atoms. The van der Waals surface area contributed by atoms with Crippen LogP contribution in [-0.2, 0) is 0 Å². The first-order valence-electron chi connectivity index (χ1n) is 6.94. The van der Waals surface area contributed by atoms with Gasteiger partial charge in [-0.2, -0.15) is 0 Å². The van der Waals surface area contributed by atoms with Crippen LogP contribution in [0.1, 0.15) is 36.6 Å². The predicted molar refractivity (Wildman–Crippen MR) is 75.7 cm³/mol. The summed E-state index contributed by atoms with van der Waals surface area (Å²) in [6.45, 7) is 3.10. The fourth-order valence-corrected chi connectivity index (χ4v) is 2.83. The van der Waals surface area contributed by atoms with Crippen molar-refractivity contribution >= 4 is 0 Å². The predicted octanol–water partition coefficient (Wildman–Crippen LogP) is 2.93. The maximum absolute atomic E-state index is 4.46. The summed E-state index contributed by atoms with van der Waals surface area (Å²) in [6.07, 6.45) is 6.62. The average molecular weight is 253 g/mol. The van der Waals surface area contributed by atoms with E-state index in [9.17, 15) is 0 Å². The molecule has 1 saturated carbocycles. The summed E-state index contributed by atoms with van der Waals surface area (Å²) in [5.74, 6) is 1.30. The molecule has 2 aromatic rings. The molecule has 1 aliphatic carbocycles. The SMILES string of the molecule is CCNC(c1cnccn1)C1CC1c1ccccc1.